The van der Waals surface area contributed by atoms with Crippen LogP contribution in [0, 0.1) is 31.1 Å². The van der Waals surface area contributed by atoms with Crippen molar-refractivity contribution in [1.82, 2.24) is 9.88 Å². The number of nitrogen functional groups attached to an aromatic ring is 1. The minimum atomic E-state index is 0.0306. The van der Waals surface area contributed by atoms with Crippen LogP contribution in [0.4, 0.5) is 5.69 Å². The Morgan fingerprint density at radius 3 is 2.76 bits per heavy atom. The Morgan fingerprint density at radius 2 is 2.18 bits per heavy atom. The normalized spacial score (nSPS) is 12.5. The molecule has 1 atom stereocenters. The molecule has 0 fully saturated rings. The summed E-state index contributed by atoms with van der Waals surface area (Å²) in [6.07, 6.45) is 1.80. The summed E-state index contributed by atoms with van der Waals surface area (Å²) in [5, 5.41) is 8.77. The van der Waals surface area contributed by atoms with Crippen molar-refractivity contribution in [3.05, 3.63) is 23.0 Å². The number of nitrogens with two attached hydrogens (primary N) is 1. The monoisotopic (exact) mass is 232 g/mol. The summed E-state index contributed by atoms with van der Waals surface area (Å²) in [6, 6.07) is 2.23. The van der Waals surface area contributed by atoms with Crippen LogP contribution in [0.1, 0.15) is 23.7 Å². The van der Waals surface area contributed by atoms with Crippen molar-refractivity contribution in [3.63, 3.8) is 0 Å². The van der Waals surface area contributed by atoms with Gasteiger partial charge in [-0.25, -0.2) is 0 Å². The van der Waals surface area contributed by atoms with Crippen LogP contribution in [0.3, 0.4) is 0 Å². The zero-order valence-electron chi connectivity index (χ0n) is 11.0. The molecule has 1 rings (SSSR count). The molecule has 0 amide bonds. The van der Waals surface area contributed by atoms with Crippen LogP contribution >= 0.6 is 0 Å². The first kappa shape index (κ1) is 13.5. The number of aryl methyl sites for hydroxylation is 1. The summed E-state index contributed by atoms with van der Waals surface area (Å²) in [5.41, 5.74) is 9.83. The number of nitriles is 1. The Morgan fingerprint density at radius 1 is 1.53 bits per heavy atom. The first-order chi connectivity index (χ1) is 7.95. The molecule has 92 valence electrons. The number of pyridine rings is 1. The fraction of sp³-hybridized carbons (Fsp3) is 0.538. The van der Waals surface area contributed by atoms with E-state index in [1.165, 1.54) is 0 Å². The average Bonchev–Trinajstić information content (AvgIpc) is 2.29. The molecule has 0 saturated heterocycles. The van der Waals surface area contributed by atoms with Crippen molar-refractivity contribution in [3.8, 4) is 6.07 Å². The lowest BCUT2D eigenvalue weighted by Crippen LogP contribution is -2.24. The van der Waals surface area contributed by atoms with E-state index in [9.17, 15) is 0 Å². The average molecular weight is 232 g/mol. The van der Waals surface area contributed by atoms with Gasteiger partial charge in [-0.05, 0) is 38.9 Å². The summed E-state index contributed by atoms with van der Waals surface area (Å²) >= 11 is 0. The number of nitrogens with zero attached hydrogens (tertiary/aromatic N) is 3. The molecule has 4 nitrogen and oxygen atoms in total. The lowest BCUT2D eigenvalue weighted by atomic mass is 10.1. The van der Waals surface area contributed by atoms with Crippen LogP contribution in [-0.2, 0) is 6.54 Å². The van der Waals surface area contributed by atoms with Crippen LogP contribution < -0.4 is 5.73 Å². The van der Waals surface area contributed by atoms with E-state index in [1.807, 2.05) is 27.8 Å². The van der Waals surface area contributed by atoms with Gasteiger partial charge in [-0.2, -0.15) is 5.26 Å². The smallest absolute Gasteiger partial charge is 0.0666 e. The SMILES string of the molecule is Cc1cnc(CN(C)CC(C)C#N)c(C)c1N. The molecular formula is C13H20N4. The molecular weight excluding hydrogens is 212 g/mol. The molecule has 1 aromatic heterocycles. The van der Waals surface area contributed by atoms with Gasteiger partial charge in [0.05, 0.1) is 17.7 Å². The molecule has 1 heterocycles. The zero-order valence-corrected chi connectivity index (χ0v) is 11.0. The Balaban J connectivity index is 2.76. The molecule has 2 N–H and O–H groups in total. The third kappa shape index (κ3) is 3.43. The van der Waals surface area contributed by atoms with Gasteiger partial charge < -0.3 is 5.73 Å². The van der Waals surface area contributed by atoms with Gasteiger partial charge in [-0.3, -0.25) is 9.88 Å². The van der Waals surface area contributed by atoms with Gasteiger partial charge in [0, 0.05) is 25.0 Å². The van der Waals surface area contributed by atoms with Gasteiger partial charge >= 0.3 is 0 Å². The zero-order chi connectivity index (χ0) is 13.0. The molecule has 0 aliphatic carbocycles. The van der Waals surface area contributed by atoms with Gasteiger partial charge in [-0.15, -0.1) is 0 Å². The second-order valence-corrected chi connectivity index (χ2v) is 4.65. The number of anilines is 1. The Bertz CT molecular complexity index is 434. The minimum Gasteiger partial charge on any atom is -0.398 e. The number of aromatic nitrogens is 1. The van der Waals surface area contributed by atoms with Crippen molar-refractivity contribution in [2.75, 3.05) is 19.3 Å². The van der Waals surface area contributed by atoms with Crippen molar-refractivity contribution >= 4 is 5.69 Å². The van der Waals surface area contributed by atoms with Crippen LogP contribution in [-0.4, -0.2) is 23.5 Å². The molecule has 1 aromatic rings. The molecule has 0 saturated carbocycles. The van der Waals surface area contributed by atoms with E-state index in [-0.39, 0.29) is 5.92 Å². The Labute approximate surface area is 103 Å². The molecule has 0 bridgehead atoms. The third-order valence-electron chi connectivity index (χ3n) is 2.90. The molecule has 0 spiro atoms. The van der Waals surface area contributed by atoms with Crippen molar-refractivity contribution in [2.24, 2.45) is 5.92 Å². The second kappa shape index (κ2) is 5.65. The predicted octanol–water partition coefficient (Wildman–Crippen LogP) is 1.87. The van der Waals surface area contributed by atoms with Gasteiger partial charge in [0.25, 0.3) is 0 Å². The van der Waals surface area contributed by atoms with Crippen molar-refractivity contribution in [2.45, 2.75) is 27.3 Å². The van der Waals surface area contributed by atoms with E-state index in [0.717, 1.165) is 35.6 Å². The van der Waals surface area contributed by atoms with E-state index >= 15 is 0 Å². The van der Waals surface area contributed by atoms with Crippen LogP contribution in [0.2, 0.25) is 0 Å². The van der Waals surface area contributed by atoms with Crippen LogP contribution in [0.15, 0.2) is 6.20 Å². The molecule has 0 aliphatic rings. The Hall–Kier alpha value is -1.60. The van der Waals surface area contributed by atoms with Gasteiger partial charge in [-0.1, -0.05) is 0 Å². The van der Waals surface area contributed by atoms with Gasteiger partial charge in [0.1, 0.15) is 0 Å². The van der Waals surface area contributed by atoms with E-state index < -0.39 is 0 Å². The topological polar surface area (TPSA) is 65.9 Å². The molecule has 0 aliphatic heterocycles. The van der Waals surface area contributed by atoms with Crippen molar-refractivity contribution < 1.29 is 0 Å². The highest BCUT2D eigenvalue weighted by atomic mass is 15.1. The maximum Gasteiger partial charge on any atom is 0.0666 e. The lowest BCUT2D eigenvalue weighted by Gasteiger charge is -2.19. The van der Waals surface area contributed by atoms with Crippen molar-refractivity contribution in [1.29, 1.82) is 5.26 Å². The Kier molecular flexibility index (Phi) is 4.47. The molecule has 17 heavy (non-hydrogen) atoms. The summed E-state index contributed by atoms with van der Waals surface area (Å²) < 4.78 is 0. The molecule has 0 radical (unpaired) electrons. The van der Waals surface area contributed by atoms with Crippen LogP contribution in [0.25, 0.3) is 0 Å². The molecule has 4 heteroatoms. The van der Waals surface area contributed by atoms with E-state index in [0.29, 0.717) is 0 Å². The molecule has 0 aromatic carbocycles. The van der Waals surface area contributed by atoms with Gasteiger partial charge in [0.15, 0.2) is 0 Å². The van der Waals surface area contributed by atoms with E-state index in [1.54, 1.807) is 6.20 Å². The largest absolute Gasteiger partial charge is 0.398 e. The predicted molar refractivity (Wildman–Crippen MR) is 69.2 cm³/mol. The lowest BCUT2D eigenvalue weighted by molar-refractivity contribution is 0.299. The van der Waals surface area contributed by atoms with E-state index in [2.05, 4.69) is 16.0 Å². The molecule has 1 unspecified atom stereocenters. The highest BCUT2D eigenvalue weighted by Gasteiger charge is 2.10. The number of rotatable bonds is 4. The van der Waals surface area contributed by atoms with Gasteiger partial charge in [0.2, 0.25) is 0 Å². The quantitative estimate of drug-likeness (QED) is 0.860. The number of hydrogen-bond donors (Lipinski definition) is 1. The summed E-state index contributed by atoms with van der Waals surface area (Å²) in [4.78, 5) is 6.50. The fourth-order valence-electron chi connectivity index (χ4n) is 1.78. The summed E-state index contributed by atoms with van der Waals surface area (Å²) in [7, 11) is 1.99. The second-order valence-electron chi connectivity index (χ2n) is 4.65. The standard InChI is InChI=1S/C13H20N4/c1-9(5-14)7-17(4)8-12-11(3)13(15)10(2)6-16-12/h6,9H,7-8H2,1-4H3,(H2,15,16). The van der Waals surface area contributed by atoms with Crippen LogP contribution in [0.5, 0.6) is 0 Å². The first-order valence-electron chi connectivity index (χ1n) is 5.74. The maximum atomic E-state index is 8.77. The first-order valence-corrected chi connectivity index (χ1v) is 5.74. The fourth-order valence-corrected chi connectivity index (χ4v) is 1.78. The highest BCUT2D eigenvalue weighted by Crippen LogP contribution is 2.18. The maximum absolute atomic E-state index is 8.77. The summed E-state index contributed by atoms with van der Waals surface area (Å²) in [5.74, 6) is 0.0306. The minimum absolute atomic E-state index is 0.0306. The summed E-state index contributed by atoms with van der Waals surface area (Å²) in [6.45, 7) is 7.33. The number of hydrogen-bond acceptors (Lipinski definition) is 4. The third-order valence-corrected chi connectivity index (χ3v) is 2.90. The highest BCUT2D eigenvalue weighted by molar-refractivity contribution is 5.53. The van der Waals surface area contributed by atoms with E-state index in [4.69, 9.17) is 11.0 Å².